The van der Waals surface area contributed by atoms with Gasteiger partial charge in [0, 0.05) is 32.3 Å². The maximum absolute atomic E-state index is 12.7. The number of amides is 1. The maximum atomic E-state index is 12.7. The number of hydrogen-bond acceptors (Lipinski definition) is 5. The Labute approximate surface area is 188 Å². The van der Waals surface area contributed by atoms with Gasteiger partial charge >= 0.3 is 0 Å². The number of nitrogens with zero attached hydrogens (tertiary/aromatic N) is 2. The summed E-state index contributed by atoms with van der Waals surface area (Å²) in [6.07, 6.45) is 4.21. The lowest BCUT2D eigenvalue weighted by Gasteiger charge is -2.36. The van der Waals surface area contributed by atoms with Gasteiger partial charge in [-0.05, 0) is 42.3 Å². The molecule has 2 aromatic rings. The molecule has 1 aliphatic heterocycles. The Balaban J connectivity index is 1.63. The summed E-state index contributed by atoms with van der Waals surface area (Å²) in [5, 5.41) is 0.463. The molecule has 0 atom stereocenters. The first-order chi connectivity index (χ1) is 15.1. The molecule has 0 spiro atoms. The fourth-order valence-electron chi connectivity index (χ4n) is 3.51. The lowest BCUT2D eigenvalue weighted by Crippen LogP contribution is -2.48. The zero-order valence-corrected chi connectivity index (χ0v) is 19.0. The highest BCUT2D eigenvalue weighted by Crippen LogP contribution is 2.37. The number of anilines is 1. The molecular formula is C24H29ClN2O4. The standard InChI is InChI=1S/C24H29ClN2O4/c1-4-15-31-24-19(25)16-18(17-22(24)30-3)9-10-23(28)27-13-11-26(12-14-27)20-7-5-6-8-21(20)29-2/h5-10,16-17H,4,11-15H2,1-3H3/b10-9+. The van der Waals surface area contributed by atoms with Gasteiger partial charge in [0.05, 0.1) is 31.5 Å². The molecule has 0 bridgehead atoms. The largest absolute Gasteiger partial charge is 0.495 e. The zero-order valence-electron chi connectivity index (χ0n) is 18.3. The van der Waals surface area contributed by atoms with E-state index in [1.807, 2.05) is 42.2 Å². The third-order valence-corrected chi connectivity index (χ3v) is 5.42. The van der Waals surface area contributed by atoms with Crippen LogP contribution in [0.4, 0.5) is 5.69 Å². The van der Waals surface area contributed by atoms with E-state index in [2.05, 4.69) is 4.90 Å². The number of piperazine rings is 1. The molecule has 0 radical (unpaired) electrons. The van der Waals surface area contributed by atoms with Crippen LogP contribution in [0.2, 0.25) is 5.02 Å². The number of halogens is 1. The first kappa shape index (κ1) is 22.8. The fraction of sp³-hybridized carbons (Fsp3) is 0.375. The smallest absolute Gasteiger partial charge is 0.246 e. The van der Waals surface area contributed by atoms with Crippen molar-refractivity contribution in [3.8, 4) is 17.2 Å². The third kappa shape index (κ3) is 5.64. The molecule has 1 fully saturated rings. The van der Waals surface area contributed by atoms with Crippen molar-refractivity contribution >= 4 is 29.3 Å². The number of rotatable bonds is 8. The van der Waals surface area contributed by atoms with Crippen molar-refractivity contribution < 1.29 is 19.0 Å². The van der Waals surface area contributed by atoms with Gasteiger partial charge < -0.3 is 24.0 Å². The summed E-state index contributed by atoms with van der Waals surface area (Å²) in [7, 11) is 3.25. The summed E-state index contributed by atoms with van der Waals surface area (Å²) in [5.74, 6) is 1.90. The van der Waals surface area contributed by atoms with Gasteiger partial charge in [-0.3, -0.25) is 4.79 Å². The van der Waals surface area contributed by atoms with Crippen LogP contribution in [0.15, 0.2) is 42.5 Å². The molecule has 1 amide bonds. The number of ether oxygens (including phenoxy) is 3. The van der Waals surface area contributed by atoms with Crippen LogP contribution >= 0.6 is 11.6 Å². The first-order valence-corrected chi connectivity index (χ1v) is 10.8. The van der Waals surface area contributed by atoms with Gasteiger partial charge in [-0.15, -0.1) is 0 Å². The number of benzene rings is 2. The summed E-state index contributed by atoms with van der Waals surface area (Å²) >= 11 is 6.36. The van der Waals surface area contributed by atoms with E-state index in [4.69, 9.17) is 25.8 Å². The SMILES string of the molecule is CCCOc1c(Cl)cc(/C=C/C(=O)N2CCN(c3ccccc3OC)CC2)cc1OC. The normalized spacial score (nSPS) is 14.1. The van der Waals surface area contributed by atoms with Crippen molar-refractivity contribution in [2.75, 3.05) is 51.9 Å². The summed E-state index contributed by atoms with van der Waals surface area (Å²) < 4.78 is 16.5. The summed E-state index contributed by atoms with van der Waals surface area (Å²) in [6, 6.07) is 11.5. The molecule has 166 valence electrons. The Hall–Kier alpha value is -2.86. The molecule has 0 N–H and O–H groups in total. The number of methoxy groups -OCH3 is 2. The van der Waals surface area contributed by atoms with Crippen LogP contribution in [0.3, 0.4) is 0 Å². The molecule has 1 aliphatic rings. The minimum atomic E-state index is -0.0268. The summed E-state index contributed by atoms with van der Waals surface area (Å²) in [5.41, 5.74) is 1.84. The molecule has 0 unspecified atom stereocenters. The average molecular weight is 445 g/mol. The Bertz CT molecular complexity index is 924. The van der Waals surface area contributed by atoms with Crippen molar-refractivity contribution in [3.63, 3.8) is 0 Å². The third-order valence-electron chi connectivity index (χ3n) is 5.14. The van der Waals surface area contributed by atoms with Crippen LogP contribution in [0, 0.1) is 0 Å². The van der Waals surface area contributed by atoms with E-state index >= 15 is 0 Å². The van der Waals surface area contributed by atoms with Gasteiger partial charge in [-0.1, -0.05) is 30.7 Å². The van der Waals surface area contributed by atoms with E-state index in [-0.39, 0.29) is 5.91 Å². The Kier molecular flexibility index (Phi) is 8.06. The zero-order chi connectivity index (χ0) is 22.2. The van der Waals surface area contributed by atoms with E-state index in [1.54, 1.807) is 32.4 Å². The van der Waals surface area contributed by atoms with Gasteiger partial charge in [-0.2, -0.15) is 0 Å². The van der Waals surface area contributed by atoms with Crippen LogP contribution in [0.5, 0.6) is 17.2 Å². The lowest BCUT2D eigenvalue weighted by molar-refractivity contribution is -0.126. The van der Waals surface area contributed by atoms with E-state index in [0.29, 0.717) is 36.2 Å². The van der Waals surface area contributed by atoms with E-state index in [0.717, 1.165) is 36.5 Å². The summed E-state index contributed by atoms with van der Waals surface area (Å²) in [4.78, 5) is 16.8. The van der Waals surface area contributed by atoms with E-state index < -0.39 is 0 Å². The highest BCUT2D eigenvalue weighted by molar-refractivity contribution is 6.32. The molecular weight excluding hydrogens is 416 g/mol. The van der Waals surface area contributed by atoms with Gasteiger partial charge in [0.15, 0.2) is 11.5 Å². The average Bonchev–Trinajstić information content (AvgIpc) is 2.81. The topological polar surface area (TPSA) is 51.2 Å². The second kappa shape index (κ2) is 11.0. The van der Waals surface area contributed by atoms with Crippen LogP contribution in [0.25, 0.3) is 6.08 Å². The van der Waals surface area contributed by atoms with Gasteiger partial charge in [0.1, 0.15) is 5.75 Å². The second-order valence-electron chi connectivity index (χ2n) is 7.20. The molecule has 2 aromatic carbocycles. The van der Waals surface area contributed by atoms with Crippen molar-refractivity contribution in [3.05, 3.63) is 53.1 Å². The van der Waals surface area contributed by atoms with Crippen LogP contribution < -0.4 is 19.1 Å². The Morgan fingerprint density at radius 3 is 2.45 bits per heavy atom. The highest BCUT2D eigenvalue weighted by Gasteiger charge is 2.21. The van der Waals surface area contributed by atoms with Gasteiger partial charge in [0.2, 0.25) is 5.91 Å². The van der Waals surface area contributed by atoms with Crippen LogP contribution in [-0.2, 0) is 4.79 Å². The molecule has 6 nitrogen and oxygen atoms in total. The van der Waals surface area contributed by atoms with Crippen LogP contribution in [-0.4, -0.2) is 57.8 Å². The second-order valence-corrected chi connectivity index (χ2v) is 7.61. The molecule has 0 saturated carbocycles. The summed E-state index contributed by atoms with van der Waals surface area (Å²) in [6.45, 7) is 5.39. The molecule has 0 aliphatic carbocycles. The van der Waals surface area contributed by atoms with E-state index in [1.165, 1.54) is 0 Å². The van der Waals surface area contributed by atoms with Crippen molar-refractivity contribution in [2.24, 2.45) is 0 Å². The molecule has 3 rings (SSSR count). The van der Waals surface area contributed by atoms with Crippen molar-refractivity contribution in [2.45, 2.75) is 13.3 Å². The highest BCUT2D eigenvalue weighted by atomic mass is 35.5. The molecule has 1 saturated heterocycles. The number of carbonyl (C=O) groups excluding carboxylic acids is 1. The number of hydrogen-bond donors (Lipinski definition) is 0. The Morgan fingerprint density at radius 1 is 1.06 bits per heavy atom. The lowest BCUT2D eigenvalue weighted by atomic mass is 10.1. The molecule has 7 heteroatoms. The van der Waals surface area contributed by atoms with Gasteiger partial charge in [0.25, 0.3) is 0 Å². The molecule has 1 heterocycles. The predicted molar refractivity (Wildman–Crippen MR) is 125 cm³/mol. The quantitative estimate of drug-likeness (QED) is 0.561. The van der Waals surface area contributed by atoms with E-state index in [9.17, 15) is 4.79 Å². The first-order valence-electron chi connectivity index (χ1n) is 10.4. The van der Waals surface area contributed by atoms with Gasteiger partial charge in [-0.25, -0.2) is 0 Å². The minimum absolute atomic E-state index is 0.0268. The molecule has 0 aromatic heterocycles. The van der Waals surface area contributed by atoms with Crippen LogP contribution in [0.1, 0.15) is 18.9 Å². The predicted octanol–water partition coefficient (Wildman–Crippen LogP) is 4.51. The molecule has 31 heavy (non-hydrogen) atoms. The number of para-hydroxylation sites is 2. The van der Waals surface area contributed by atoms with Crippen molar-refractivity contribution in [1.29, 1.82) is 0 Å². The minimum Gasteiger partial charge on any atom is -0.495 e. The fourth-order valence-corrected chi connectivity index (χ4v) is 3.79. The monoisotopic (exact) mass is 444 g/mol. The van der Waals surface area contributed by atoms with Crippen molar-refractivity contribution in [1.82, 2.24) is 4.90 Å². The number of carbonyl (C=O) groups is 1. The Morgan fingerprint density at radius 2 is 1.77 bits per heavy atom. The maximum Gasteiger partial charge on any atom is 0.246 e.